The lowest BCUT2D eigenvalue weighted by Crippen LogP contribution is -1.96. The third-order valence-corrected chi connectivity index (χ3v) is 2.39. The molecule has 0 atom stereocenters. The summed E-state index contributed by atoms with van der Waals surface area (Å²) >= 11 is 1.55. The Morgan fingerprint density at radius 1 is 1.75 bits per heavy atom. The molecule has 1 heterocycles. The molecule has 1 aromatic rings. The van der Waals surface area contributed by atoms with Crippen LogP contribution in [0.25, 0.3) is 0 Å². The van der Waals surface area contributed by atoms with Crippen molar-refractivity contribution in [1.82, 2.24) is 14.8 Å². The number of nitrogens with zero attached hydrogens (tertiary/aromatic N) is 3. The lowest BCUT2D eigenvalue weighted by Gasteiger charge is -1.97. The fourth-order valence-corrected chi connectivity index (χ4v) is 1.63. The number of rotatable bonds is 4. The molecular weight excluding hydrogens is 174 g/mol. The highest BCUT2D eigenvalue weighted by Crippen LogP contribution is 2.13. The predicted octanol–water partition coefficient (Wildman–Crippen LogP) is 0.886. The summed E-state index contributed by atoms with van der Waals surface area (Å²) in [6, 6.07) is 0. The van der Waals surface area contributed by atoms with Crippen molar-refractivity contribution < 1.29 is 4.79 Å². The van der Waals surface area contributed by atoms with E-state index in [1.165, 1.54) is 6.33 Å². The van der Waals surface area contributed by atoms with E-state index in [-0.39, 0.29) is 5.78 Å². The molecule has 4 nitrogen and oxygen atoms in total. The van der Waals surface area contributed by atoms with Crippen LogP contribution in [0.5, 0.6) is 0 Å². The second-order valence-corrected chi connectivity index (χ2v) is 3.53. The number of hydrogen-bond acceptors (Lipinski definition) is 4. The van der Waals surface area contributed by atoms with E-state index >= 15 is 0 Å². The number of thioether (sulfide) groups is 1. The second kappa shape index (κ2) is 4.25. The highest BCUT2D eigenvalue weighted by atomic mass is 32.2. The minimum atomic E-state index is 0.213. The van der Waals surface area contributed by atoms with Crippen molar-refractivity contribution in [2.45, 2.75) is 18.5 Å². The molecule has 0 saturated heterocycles. The molecule has 0 aromatic carbocycles. The third-order valence-electron chi connectivity index (χ3n) is 1.36. The normalized spacial score (nSPS) is 10.2. The summed E-state index contributed by atoms with van der Waals surface area (Å²) in [6.45, 7) is 1.59. The lowest BCUT2D eigenvalue weighted by molar-refractivity contribution is -0.116. The number of aryl methyl sites for hydroxylation is 1. The molecule has 1 rings (SSSR count). The van der Waals surface area contributed by atoms with Crippen LogP contribution in [0.1, 0.15) is 13.3 Å². The minimum absolute atomic E-state index is 0.213. The van der Waals surface area contributed by atoms with Crippen molar-refractivity contribution in [3.8, 4) is 0 Å². The monoisotopic (exact) mass is 185 g/mol. The van der Waals surface area contributed by atoms with Gasteiger partial charge in [0.1, 0.15) is 12.1 Å². The maximum absolute atomic E-state index is 10.6. The zero-order valence-electron chi connectivity index (χ0n) is 7.15. The highest BCUT2D eigenvalue weighted by molar-refractivity contribution is 7.99. The maximum atomic E-state index is 10.6. The summed E-state index contributed by atoms with van der Waals surface area (Å²) in [4.78, 5) is 14.6. The van der Waals surface area contributed by atoms with E-state index in [2.05, 4.69) is 10.1 Å². The molecule has 1 aromatic heterocycles. The average Bonchev–Trinajstić information content (AvgIpc) is 2.36. The molecule has 0 bridgehead atoms. The Balaban J connectivity index is 2.33. The van der Waals surface area contributed by atoms with Crippen LogP contribution in [0.2, 0.25) is 0 Å². The van der Waals surface area contributed by atoms with Crippen LogP contribution in [0.3, 0.4) is 0 Å². The van der Waals surface area contributed by atoms with Gasteiger partial charge in [0.05, 0.1) is 0 Å². The van der Waals surface area contributed by atoms with Crippen LogP contribution >= 0.6 is 11.8 Å². The Labute approximate surface area is 75.4 Å². The van der Waals surface area contributed by atoms with Gasteiger partial charge in [0, 0.05) is 19.2 Å². The van der Waals surface area contributed by atoms with Gasteiger partial charge >= 0.3 is 0 Å². The summed E-state index contributed by atoms with van der Waals surface area (Å²) in [7, 11) is 1.84. The molecule has 0 radical (unpaired) electrons. The first-order valence-corrected chi connectivity index (χ1v) is 4.65. The van der Waals surface area contributed by atoms with E-state index in [9.17, 15) is 4.79 Å². The Bertz CT molecular complexity index is 271. The summed E-state index contributed by atoms with van der Waals surface area (Å²) in [6.07, 6.45) is 2.10. The average molecular weight is 185 g/mol. The topological polar surface area (TPSA) is 47.8 Å². The van der Waals surface area contributed by atoms with E-state index in [1.807, 2.05) is 7.05 Å². The molecule has 0 aliphatic rings. The molecule has 0 spiro atoms. The molecule has 0 aliphatic carbocycles. The van der Waals surface area contributed by atoms with Crippen LogP contribution in [0.15, 0.2) is 11.5 Å². The van der Waals surface area contributed by atoms with Crippen LogP contribution < -0.4 is 0 Å². The molecule has 66 valence electrons. The standard InChI is InChI=1S/C7H11N3OS/c1-6(11)3-4-12-7-8-5-9-10(7)2/h5H,3-4H2,1-2H3. The van der Waals surface area contributed by atoms with Crippen molar-refractivity contribution in [3.05, 3.63) is 6.33 Å². The van der Waals surface area contributed by atoms with Gasteiger partial charge in [-0.2, -0.15) is 5.10 Å². The van der Waals surface area contributed by atoms with Crippen LogP contribution in [-0.2, 0) is 11.8 Å². The quantitative estimate of drug-likeness (QED) is 0.653. The van der Waals surface area contributed by atoms with Gasteiger partial charge < -0.3 is 0 Å². The molecular formula is C7H11N3OS. The van der Waals surface area contributed by atoms with E-state index in [4.69, 9.17) is 0 Å². The van der Waals surface area contributed by atoms with Gasteiger partial charge in [-0.15, -0.1) is 0 Å². The van der Waals surface area contributed by atoms with Gasteiger partial charge in [0.25, 0.3) is 0 Å². The molecule has 12 heavy (non-hydrogen) atoms. The van der Waals surface area contributed by atoms with Gasteiger partial charge in [-0.05, 0) is 6.92 Å². The van der Waals surface area contributed by atoms with Crippen molar-refractivity contribution >= 4 is 17.5 Å². The van der Waals surface area contributed by atoms with Crippen LogP contribution in [0.4, 0.5) is 0 Å². The molecule has 0 amide bonds. The summed E-state index contributed by atoms with van der Waals surface area (Å²) in [5, 5.41) is 4.77. The molecule has 0 unspecified atom stereocenters. The lowest BCUT2D eigenvalue weighted by atomic mass is 10.4. The van der Waals surface area contributed by atoms with E-state index in [0.717, 1.165) is 10.9 Å². The van der Waals surface area contributed by atoms with Crippen molar-refractivity contribution in [3.63, 3.8) is 0 Å². The highest BCUT2D eigenvalue weighted by Gasteiger charge is 2.01. The summed E-state index contributed by atoms with van der Waals surface area (Å²) in [5.41, 5.74) is 0. The van der Waals surface area contributed by atoms with Gasteiger partial charge in [-0.3, -0.25) is 4.79 Å². The fourth-order valence-electron chi connectivity index (χ4n) is 0.702. The largest absolute Gasteiger partial charge is 0.300 e. The number of Topliss-reactive ketones (excluding diaryl/α,β-unsaturated/α-hetero) is 1. The first-order chi connectivity index (χ1) is 5.70. The smallest absolute Gasteiger partial charge is 0.185 e. The second-order valence-electron chi connectivity index (χ2n) is 2.47. The van der Waals surface area contributed by atoms with Crippen molar-refractivity contribution in [2.24, 2.45) is 7.05 Å². The first kappa shape index (κ1) is 9.25. The predicted molar refractivity (Wildman–Crippen MR) is 47.0 cm³/mol. The zero-order valence-corrected chi connectivity index (χ0v) is 7.97. The van der Waals surface area contributed by atoms with Crippen molar-refractivity contribution in [1.29, 1.82) is 0 Å². The van der Waals surface area contributed by atoms with E-state index in [1.54, 1.807) is 23.4 Å². The summed E-state index contributed by atoms with van der Waals surface area (Å²) in [5.74, 6) is 0.992. The molecule has 0 N–H and O–H groups in total. The molecule has 0 fully saturated rings. The number of aromatic nitrogens is 3. The van der Waals surface area contributed by atoms with E-state index in [0.29, 0.717) is 6.42 Å². The third kappa shape index (κ3) is 2.65. The van der Waals surface area contributed by atoms with Gasteiger partial charge in [0.2, 0.25) is 0 Å². The Kier molecular flexibility index (Phi) is 3.28. The molecule has 0 aliphatic heterocycles. The van der Waals surface area contributed by atoms with E-state index < -0.39 is 0 Å². The van der Waals surface area contributed by atoms with Gasteiger partial charge in [0.15, 0.2) is 5.16 Å². The Morgan fingerprint density at radius 2 is 2.50 bits per heavy atom. The number of hydrogen-bond donors (Lipinski definition) is 0. The summed E-state index contributed by atoms with van der Waals surface area (Å²) < 4.78 is 1.70. The SMILES string of the molecule is CC(=O)CCSc1ncnn1C. The van der Waals surface area contributed by atoms with Crippen LogP contribution in [-0.4, -0.2) is 26.3 Å². The first-order valence-electron chi connectivity index (χ1n) is 3.66. The van der Waals surface area contributed by atoms with Crippen LogP contribution in [0, 0.1) is 0 Å². The fraction of sp³-hybridized carbons (Fsp3) is 0.571. The maximum Gasteiger partial charge on any atom is 0.185 e. The minimum Gasteiger partial charge on any atom is -0.300 e. The number of ketones is 1. The van der Waals surface area contributed by atoms with Gasteiger partial charge in [-0.1, -0.05) is 11.8 Å². The Morgan fingerprint density at radius 3 is 3.00 bits per heavy atom. The zero-order chi connectivity index (χ0) is 8.97. The molecule has 5 heteroatoms. The van der Waals surface area contributed by atoms with Gasteiger partial charge in [-0.25, -0.2) is 9.67 Å². The van der Waals surface area contributed by atoms with Crippen molar-refractivity contribution in [2.75, 3.05) is 5.75 Å². The number of carbonyl (C=O) groups is 1. The molecule has 0 saturated carbocycles. The Hall–Kier alpha value is -0.840. The number of carbonyl (C=O) groups excluding carboxylic acids is 1.